The molecule has 3 aromatic rings. The van der Waals surface area contributed by atoms with Crippen molar-refractivity contribution < 1.29 is 29.7 Å². The van der Waals surface area contributed by atoms with E-state index in [9.17, 15) is 0 Å². The van der Waals surface area contributed by atoms with E-state index < -0.39 is 18.5 Å². The van der Waals surface area contributed by atoms with Crippen molar-refractivity contribution in [3.63, 3.8) is 0 Å². The van der Waals surface area contributed by atoms with E-state index in [1.165, 1.54) is 10.8 Å². The van der Waals surface area contributed by atoms with Crippen molar-refractivity contribution in [3.05, 3.63) is 48.5 Å². The Morgan fingerprint density at radius 1 is 0.680 bits per heavy atom. The first-order valence-corrected chi connectivity index (χ1v) is 7.78. The van der Waals surface area contributed by atoms with Gasteiger partial charge in [0.2, 0.25) is 0 Å². The summed E-state index contributed by atoms with van der Waals surface area (Å²) in [5.41, 5.74) is -0.0904. The third-order valence-corrected chi connectivity index (χ3v) is 3.78. The molecule has 0 amide bonds. The number of furan rings is 1. The van der Waals surface area contributed by atoms with Crippen LogP contribution in [0.25, 0.3) is 21.9 Å². The summed E-state index contributed by atoms with van der Waals surface area (Å²) in [5.74, 6) is 0. The van der Waals surface area contributed by atoms with Crippen LogP contribution in [0.4, 0.5) is 0 Å². The van der Waals surface area contributed by atoms with Crippen LogP contribution in [0.1, 0.15) is 27.7 Å². The molecule has 0 bridgehead atoms. The molecule has 0 aliphatic heterocycles. The number of fused-ring (bicyclic) bond motifs is 3. The van der Waals surface area contributed by atoms with Gasteiger partial charge in [0.15, 0.2) is 0 Å². The number of hydrogen-bond donors (Lipinski definition) is 5. The Balaban J connectivity index is 0.000000226. The molecule has 25 heavy (non-hydrogen) atoms. The summed E-state index contributed by atoms with van der Waals surface area (Å²) in [4.78, 5) is 0. The zero-order valence-electron chi connectivity index (χ0n) is 14.8. The van der Waals surface area contributed by atoms with Gasteiger partial charge in [0.05, 0.1) is 11.2 Å². The van der Waals surface area contributed by atoms with E-state index in [0.29, 0.717) is 0 Å². The molecule has 0 saturated carbocycles. The predicted molar refractivity (Wildman–Crippen MR) is 98.7 cm³/mol. The van der Waals surface area contributed by atoms with Crippen LogP contribution in [0.5, 0.6) is 0 Å². The highest BCUT2D eigenvalue weighted by Gasteiger charge is 2.31. The van der Waals surface area contributed by atoms with Crippen molar-refractivity contribution in [2.24, 2.45) is 0 Å². The molecule has 136 valence electrons. The molecular formula is C18H25BO6. The molecule has 0 fully saturated rings. The van der Waals surface area contributed by atoms with Gasteiger partial charge in [-0.1, -0.05) is 36.4 Å². The van der Waals surface area contributed by atoms with E-state index in [1.54, 1.807) is 27.7 Å². The summed E-state index contributed by atoms with van der Waals surface area (Å²) >= 11 is 0. The fourth-order valence-electron chi connectivity index (χ4n) is 1.67. The van der Waals surface area contributed by atoms with E-state index in [4.69, 9.17) is 29.7 Å². The molecule has 3 rings (SSSR count). The fraction of sp³-hybridized carbons (Fsp3) is 0.333. The van der Waals surface area contributed by atoms with E-state index in [1.807, 2.05) is 36.4 Å². The van der Waals surface area contributed by atoms with Crippen LogP contribution >= 0.6 is 0 Å². The summed E-state index contributed by atoms with van der Waals surface area (Å²) in [6.45, 7) is 6.31. The highest BCUT2D eigenvalue weighted by atomic mass is 16.5. The molecule has 1 heterocycles. The lowest BCUT2D eigenvalue weighted by Gasteiger charge is -2.31. The standard InChI is InChI=1S/C12H8O.C6H14O2.BH3O3/c1-3-7-11-9(5-1)10-6-2-4-8-12(10)13-11;1-5(2,7)6(3,4)8;2-1(3)4/h1-8H;7-8H,1-4H3;2-4H. The minimum Gasteiger partial charge on any atom is -0.456 e. The molecule has 5 N–H and O–H groups in total. The van der Waals surface area contributed by atoms with Crippen LogP contribution < -0.4 is 0 Å². The lowest BCUT2D eigenvalue weighted by molar-refractivity contribution is -0.107. The van der Waals surface area contributed by atoms with Crippen molar-refractivity contribution in [2.45, 2.75) is 38.9 Å². The summed E-state index contributed by atoms with van der Waals surface area (Å²) in [6, 6.07) is 16.2. The Morgan fingerprint density at radius 2 is 0.960 bits per heavy atom. The molecular weight excluding hydrogens is 323 g/mol. The van der Waals surface area contributed by atoms with Crippen molar-refractivity contribution in [1.82, 2.24) is 0 Å². The number of hydrogen-bond acceptors (Lipinski definition) is 6. The maximum atomic E-state index is 9.10. The maximum absolute atomic E-state index is 9.10. The largest absolute Gasteiger partial charge is 0.631 e. The maximum Gasteiger partial charge on any atom is 0.631 e. The van der Waals surface area contributed by atoms with E-state index >= 15 is 0 Å². The van der Waals surface area contributed by atoms with Crippen LogP contribution in [-0.4, -0.2) is 43.8 Å². The Bertz CT molecular complexity index is 718. The van der Waals surface area contributed by atoms with Crippen molar-refractivity contribution in [3.8, 4) is 0 Å². The van der Waals surface area contributed by atoms with E-state index in [2.05, 4.69) is 12.1 Å². The predicted octanol–water partition coefficient (Wildman–Crippen LogP) is 2.06. The monoisotopic (exact) mass is 348 g/mol. The average molecular weight is 348 g/mol. The molecule has 2 aromatic carbocycles. The summed E-state index contributed by atoms with van der Waals surface area (Å²) in [7, 11) is -2.17. The van der Waals surface area contributed by atoms with Crippen LogP contribution in [0.15, 0.2) is 52.9 Å². The first-order chi connectivity index (χ1) is 11.4. The fourth-order valence-corrected chi connectivity index (χ4v) is 1.67. The van der Waals surface area contributed by atoms with Gasteiger partial charge in [-0.05, 0) is 39.8 Å². The first-order valence-electron chi connectivity index (χ1n) is 7.78. The van der Waals surface area contributed by atoms with Gasteiger partial charge in [-0.2, -0.15) is 0 Å². The smallest absolute Gasteiger partial charge is 0.456 e. The molecule has 0 unspecified atom stereocenters. The zero-order valence-corrected chi connectivity index (χ0v) is 14.8. The molecule has 0 spiro atoms. The Hall–Kier alpha value is -1.90. The van der Waals surface area contributed by atoms with Crippen molar-refractivity contribution in [2.75, 3.05) is 0 Å². The molecule has 0 radical (unpaired) electrons. The summed E-state index contributed by atoms with van der Waals surface area (Å²) < 4.78 is 5.65. The topological polar surface area (TPSA) is 114 Å². The number of para-hydroxylation sites is 2. The quantitative estimate of drug-likeness (QED) is 0.430. The van der Waals surface area contributed by atoms with E-state index in [-0.39, 0.29) is 0 Å². The average Bonchev–Trinajstić information content (AvgIpc) is 2.84. The van der Waals surface area contributed by atoms with E-state index in [0.717, 1.165) is 11.2 Å². The lowest BCUT2D eigenvalue weighted by Crippen LogP contribution is -2.44. The number of rotatable bonds is 1. The summed E-state index contributed by atoms with van der Waals surface area (Å²) in [5, 5.41) is 42.1. The number of aliphatic hydroxyl groups is 2. The van der Waals surface area contributed by atoms with Gasteiger partial charge >= 0.3 is 7.32 Å². The second-order valence-corrected chi connectivity index (χ2v) is 6.56. The third-order valence-electron chi connectivity index (χ3n) is 3.78. The Kier molecular flexibility index (Phi) is 7.16. The van der Waals surface area contributed by atoms with Gasteiger partial charge in [-0.25, -0.2) is 0 Å². The molecule has 0 atom stereocenters. The molecule has 6 nitrogen and oxygen atoms in total. The first kappa shape index (κ1) is 21.1. The highest BCUT2D eigenvalue weighted by molar-refractivity contribution is 6.30. The normalized spacial score (nSPS) is 11.4. The Labute approximate surface area is 147 Å². The van der Waals surface area contributed by atoms with Crippen molar-refractivity contribution >= 4 is 29.3 Å². The lowest BCUT2D eigenvalue weighted by atomic mass is 9.90. The molecule has 0 aliphatic rings. The van der Waals surface area contributed by atoms with Crippen LogP contribution in [-0.2, 0) is 0 Å². The second kappa shape index (κ2) is 8.46. The van der Waals surface area contributed by atoms with Crippen molar-refractivity contribution in [1.29, 1.82) is 0 Å². The van der Waals surface area contributed by atoms with Gasteiger partial charge in [0, 0.05) is 10.8 Å². The zero-order chi connectivity index (χ0) is 19.3. The molecule has 1 aromatic heterocycles. The molecule has 0 saturated heterocycles. The minimum atomic E-state index is -2.17. The number of benzene rings is 2. The summed E-state index contributed by atoms with van der Waals surface area (Å²) in [6.07, 6.45) is 0. The minimum absolute atomic E-state index is 0.962. The molecule has 7 heteroatoms. The van der Waals surface area contributed by atoms with Crippen LogP contribution in [0.3, 0.4) is 0 Å². The SMILES string of the molecule is CC(C)(O)C(C)(C)O.OB(O)O.c1ccc2c(c1)oc1ccccc12. The highest BCUT2D eigenvalue weighted by Crippen LogP contribution is 2.27. The van der Waals surface area contributed by atoms with Gasteiger partial charge in [-0.3, -0.25) is 0 Å². The Morgan fingerprint density at radius 3 is 1.24 bits per heavy atom. The van der Waals surface area contributed by atoms with Gasteiger partial charge in [0.1, 0.15) is 11.2 Å². The molecule has 0 aliphatic carbocycles. The second-order valence-electron chi connectivity index (χ2n) is 6.56. The van der Waals surface area contributed by atoms with Crippen LogP contribution in [0, 0.1) is 0 Å². The van der Waals surface area contributed by atoms with Gasteiger partial charge < -0.3 is 29.7 Å². The van der Waals surface area contributed by atoms with Crippen LogP contribution in [0.2, 0.25) is 0 Å². The van der Waals surface area contributed by atoms with Gasteiger partial charge in [-0.15, -0.1) is 0 Å². The van der Waals surface area contributed by atoms with Gasteiger partial charge in [0.25, 0.3) is 0 Å². The third kappa shape index (κ3) is 6.49.